The molecule has 2 aromatic carbocycles. The first kappa shape index (κ1) is 22.9. The minimum absolute atomic E-state index is 0.0605. The maximum atomic E-state index is 13.2. The summed E-state index contributed by atoms with van der Waals surface area (Å²) in [6, 6.07) is 10.7. The Balaban J connectivity index is 1.80. The van der Waals surface area contributed by atoms with Crippen molar-refractivity contribution < 1.29 is 14.6 Å². The van der Waals surface area contributed by atoms with Crippen molar-refractivity contribution in [3.8, 4) is 22.8 Å². The number of nitrogens with zero attached hydrogens (tertiary/aromatic N) is 2. The molecule has 1 atom stereocenters. The Labute approximate surface area is 198 Å². The van der Waals surface area contributed by atoms with E-state index in [-0.39, 0.29) is 11.7 Å². The molecule has 6 nitrogen and oxygen atoms in total. The number of aromatic nitrogens is 2. The molecule has 1 unspecified atom stereocenters. The van der Waals surface area contributed by atoms with Gasteiger partial charge in [-0.25, -0.2) is 0 Å². The molecule has 0 radical (unpaired) electrons. The highest BCUT2D eigenvalue weighted by atomic mass is 35.5. The fraction of sp³-hybridized carbons (Fsp3) is 0.308. The van der Waals surface area contributed by atoms with Crippen molar-refractivity contribution in [3.05, 3.63) is 76.5 Å². The van der Waals surface area contributed by atoms with Crippen molar-refractivity contribution in [1.29, 1.82) is 0 Å². The van der Waals surface area contributed by atoms with Gasteiger partial charge in [-0.15, -0.1) is 6.58 Å². The van der Waals surface area contributed by atoms with Crippen LogP contribution in [-0.4, -0.2) is 39.3 Å². The van der Waals surface area contributed by atoms with Crippen LogP contribution in [0.1, 0.15) is 53.5 Å². The second kappa shape index (κ2) is 9.32. The van der Waals surface area contributed by atoms with Gasteiger partial charge in [0.05, 0.1) is 12.6 Å². The Morgan fingerprint density at radius 2 is 2.12 bits per heavy atom. The summed E-state index contributed by atoms with van der Waals surface area (Å²) in [4.78, 5) is 15.0. The van der Waals surface area contributed by atoms with Gasteiger partial charge >= 0.3 is 0 Å². The highest BCUT2D eigenvalue weighted by Gasteiger charge is 2.42. The number of benzene rings is 2. The number of rotatable bonds is 8. The first-order chi connectivity index (χ1) is 15.8. The predicted molar refractivity (Wildman–Crippen MR) is 130 cm³/mol. The third kappa shape index (κ3) is 4.35. The lowest BCUT2D eigenvalue weighted by atomic mass is 9.95. The summed E-state index contributed by atoms with van der Waals surface area (Å²) in [5.41, 5.74) is 3.74. The van der Waals surface area contributed by atoms with Crippen molar-refractivity contribution in [2.45, 2.75) is 33.2 Å². The van der Waals surface area contributed by atoms with Crippen LogP contribution >= 0.6 is 11.6 Å². The van der Waals surface area contributed by atoms with Crippen LogP contribution in [0.5, 0.6) is 11.5 Å². The van der Waals surface area contributed by atoms with E-state index in [9.17, 15) is 9.90 Å². The number of hydrogen-bond donors (Lipinski definition) is 2. The number of ether oxygens (including phenoxy) is 1. The van der Waals surface area contributed by atoms with Gasteiger partial charge in [-0.3, -0.25) is 9.89 Å². The van der Waals surface area contributed by atoms with E-state index >= 15 is 0 Å². The molecule has 172 valence electrons. The van der Waals surface area contributed by atoms with Crippen molar-refractivity contribution >= 4 is 17.5 Å². The van der Waals surface area contributed by atoms with Crippen LogP contribution in [0.15, 0.2) is 49.1 Å². The van der Waals surface area contributed by atoms with E-state index in [1.54, 1.807) is 23.1 Å². The number of aryl methyl sites for hydroxylation is 1. The molecule has 0 bridgehead atoms. The van der Waals surface area contributed by atoms with Crippen LogP contribution in [-0.2, 0) is 0 Å². The SMILES string of the molecule is C=CCN1C(=O)c2[nH]nc(-c3cc(Cl)c(C)cc3O)c2C1c1cccc(OCCC(C)C)c1. The van der Waals surface area contributed by atoms with Crippen LogP contribution in [0, 0.1) is 12.8 Å². The van der Waals surface area contributed by atoms with Crippen molar-refractivity contribution in [2.75, 3.05) is 13.2 Å². The first-order valence-corrected chi connectivity index (χ1v) is 11.4. The molecule has 0 saturated carbocycles. The monoisotopic (exact) mass is 465 g/mol. The first-order valence-electron chi connectivity index (χ1n) is 11.0. The van der Waals surface area contributed by atoms with Gasteiger partial charge in [0.15, 0.2) is 0 Å². The molecule has 1 aromatic heterocycles. The fourth-order valence-electron chi connectivity index (χ4n) is 4.12. The highest BCUT2D eigenvalue weighted by molar-refractivity contribution is 6.31. The van der Waals surface area contributed by atoms with Gasteiger partial charge in [-0.2, -0.15) is 5.10 Å². The summed E-state index contributed by atoms with van der Waals surface area (Å²) in [6.45, 7) is 11.0. The largest absolute Gasteiger partial charge is 0.507 e. The zero-order valence-corrected chi connectivity index (χ0v) is 19.8. The van der Waals surface area contributed by atoms with Crippen LogP contribution in [0.4, 0.5) is 0 Å². The topological polar surface area (TPSA) is 78.5 Å². The second-order valence-corrected chi connectivity index (χ2v) is 9.14. The summed E-state index contributed by atoms with van der Waals surface area (Å²) >= 11 is 6.35. The van der Waals surface area contributed by atoms with Gasteiger partial charge in [0.1, 0.15) is 22.9 Å². The Morgan fingerprint density at radius 1 is 1.33 bits per heavy atom. The molecule has 4 rings (SSSR count). The lowest BCUT2D eigenvalue weighted by Crippen LogP contribution is -2.29. The van der Waals surface area contributed by atoms with Crippen molar-refractivity contribution in [1.82, 2.24) is 15.1 Å². The summed E-state index contributed by atoms with van der Waals surface area (Å²) < 4.78 is 5.97. The molecular formula is C26H28ClN3O3. The van der Waals surface area contributed by atoms with E-state index in [0.717, 1.165) is 23.3 Å². The molecule has 0 fully saturated rings. The van der Waals surface area contributed by atoms with Crippen LogP contribution in [0.3, 0.4) is 0 Å². The number of hydrogen-bond acceptors (Lipinski definition) is 4. The third-order valence-electron chi connectivity index (χ3n) is 5.86. The molecule has 2 heterocycles. The Hall–Kier alpha value is -3.25. The number of halogens is 1. The number of phenolic OH excluding ortho intramolecular Hbond substituents is 1. The summed E-state index contributed by atoms with van der Waals surface area (Å²) in [5, 5.41) is 18.5. The Kier molecular flexibility index (Phi) is 6.47. The summed E-state index contributed by atoms with van der Waals surface area (Å²) in [7, 11) is 0. The smallest absolute Gasteiger partial charge is 0.273 e. The molecule has 3 aromatic rings. The van der Waals surface area contributed by atoms with Crippen LogP contribution in [0.2, 0.25) is 5.02 Å². The highest BCUT2D eigenvalue weighted by Crippen LogP contribution is 2.45. The molecule has 33 heavy (non-hydrogen) atoms. The van der Waals surface area contributed by atoms with Gasteiger partial charge in [0, 0.05) is 22.7 Å². The molecule has 1 amide bonds. The molecular weight excluding hydrogens is 438 g/mol. The zero-order valence-electron chi connectivity index (χ0n) is 19.1. The van der Waals surface area contributed by atoms with Gasteiger partial charge < -0.3 is 14.7 Å². The quantitative estimate of drug-likeness (QED) is 0.406. The lowest BCUT2D eigenvalue weighted by molar-refractivity contribution is 0.0764. The van der Waals surface area contributed by atoms with Crippen molar-refractivity contribution in [2.24, 2.45) is 5.92 Å². The van der Waals surface area contributed by atoms with E-state index in [0.29, 0.717) is 46.6 Å². The third-order valence-corrected chi connectivity index (χ3v) is 6.27. The number of carbonyl (C=O) groups is 1. The Bertz CT molecular complexity index is 1200. The van der Waals surface area contributed by atoms with Crippen molar-refractivity contribution in [3.63, 3.8) is 0 Å². The number of nitrogens with one attached hydrogen (secondary N) is 1. The molecule has 0 spiro atoms. The van der Waals surface area contributed by atoms with Crippen LogP contribution < -0.4 is 4.74 Å². The Morgan fingerprint density at radius 3 is 2.85 bits per heavy atom. The number of aromatic amines is 1. The van der Waals surface area contributed by atoms with Gasteiger partial charge in [-0.05, 0) is 54.7 Å². The molecule has 2 N–H and O–H groups in total. The molecule has 1 aliphatic rings. The number of H-pyrrole nitrogens is 1. The number of amides is 1. The molecule has 0 saturated heterocycles. The fourth-order valence-corrected chi connectivity index (χ4v) is 4.28. The van der Waals surface area contributed by atoms with E-state index in [1.807, 2.05) is 31.2 Å². The minimum Gasteiger partial charge on any atom is -0.507 e. The minimum atomic E-state index is -0.410. The summed E-state index contributed by atoms with van der Waals surface area (Å²) in [5.74, 6) is 1.19. The van der Waals surface area contributed by atoms with Gasteiger partial charge in [0.25, 0.3) is 5.91 Å². The van der Waals surface area contributed by atoms with E-state index in [4.69, 9.17) is 16.3 Å². The molecule has 1 aliphatic heterocycles. The normalized spacial score (nSPS) is 15.2. The number of fused-ring (bicyclic) bond motifs is 1. The zero-order chi connectivity index (χ0) is 23.7. The standard InChI is InChI=1S/C26H28ClN3O3/c1-5-10-30-25(17-7-6-8-18(13-17)33-11-9-15(2)3)22-23(28-29-24(22)26(30)32)19-14-20(27)16(4)12-21(19)31/h5-8,12-15,25,31H,1,9-11H2,2-4H3,(H,28,29). The van der Waals surface area contributed by atoms with E-state index in [2.05, 4.69) is 30.6 Å². The van der Waals surface area contributed by atoms with Crippen LogP contribution in [0.25, 0.3) is 11.3 Å². The lowest BCUT2D eigenvalue weighted by Gasteiger charge is -2.25. The van der Waals surface area contributed by atoms with E-state index < -0.39 is 6.04 Å². The predicted octanol–water partition coefficient (Wildman–Crippen LogP) is 5.90. The number of carbonyl (C=O) groups excluding carboxylic acids is 1. The maximum Gasteiger partial charge on any atom is 0.273 e. The van der Waals surface area contributed by atoms with Gasteiger partial charge in [-0.1, -0.05) is 43.7 Å². The number of phenols is 1. The average molecular weight is 466 g/mol. The summed E-state index contributed by atoms with van der Waals surface area (Å²) in [6.07, 6.45) is 2.66. The second-order valence-electron chi connectivity index (χ2n) is 8.73. The number of aromatic hydroxyl groups is 1. The van der Waals surface area contributed by atoms with E-state index in [1.165, 1.54) is 0 Å². The maximum absolute atomic E-state index is 13.2. The molecule has 0 aliphatic carbocycles. The van der Waals surface area contributed by atoms with Gasteiger partial charge in [0.2, 0.25) is 0 Å². The average Bonchev–Trinajstić information content (AvgIpc) is 3.30. The molecule has 7 heteroatoms.